The molecule has 4 amide bonds. The minimum Gasteiger partial charge on any atom is -0.440 e. The Bertz CT molecular complexity index is 1460. The highest BCUT2D eigenvalue weighted by Gasteiger charge is 2.39. The van der Waals surface area contributed by atoms with E-state index in [1.54, 1.807) is 24.3 Å². The topological polar surface area (TPSA) is 143 Å². The number of hydrogen-bond acceptors (Lipinski definition) is 6. The van der Waals surface area contributed by atoms with Gasteiger partial charge >= 0.3 is 6.09 Å². The second kappa shape index (κ2) is 15.1. The van der Waals surface area contributed by atoms with Crippen molar-refractivity contribution < 1.29 is 33.1 Å². The quantitative estimate of drug-likeness (QED) is 0.221. The second-order valence-corrected chi connectivity index (χ2v) is 13.5. The molecule has 4 N–H and O–H groups in total. The van der Waals surface area contributed by atoms with Crippen LogP contribution < -0.4 is 21.3 Å². The number of carbonyl (C=O) groups is 5. The number of amides is 4. The van der Waals surface area contributed by atoms with Gasteiger partial charge in [-0.15, -0.1) is 0 Å². The summed E-state index contributed by atoms with van der Waals surface area (Å²) >= 11 is 6.26. The minimum atomic E-state index is -1.27. The summed E-state index contributed by atoms with van der Waals surface area (Å²) in [5.74, 6) is -3.74. The molecule has 1 saturated heterocycles. The average Bonchev–Trinajstić information content (AvgIpc) is 3.72. The number of alkyl carbamates (subject to hydrolysis) is 1. The fourth-order valence-electron chi connectivity index (χ4n) is 5.63. The first kappa shape index (κ1) is 34.9. The predicted molar refractivity (Wildman–Crippen MR) is 170 cm³/mol. The Morgan fingerprint density at radius 3 is 2.35 bits per heavy atom. The summed E-state index contributed by atoms with van der Waals surface area (Å²) in [5.41, 5.74) is 0.243. The van der Waals surface area contributed by atoms with Crippen molar-refractivity contribution in [3.63, 3.8) is 0 Å². The average molecular weight is 657 g/mol. The number of Topliss-reactive ketones (excluding diaryl/α,β-unsaturated/α-hetero) is 1. The lowest BCUT2D eigenvalue weighted by atomic mass is 9.76. The van der Waals surface area contributed by atoms with Crippen LogP contribution in [-0.4, -0.2) is 54.3 Å². The van der Waals surface area contributed by atoms with E-state index in [4.69, 9.17) is 16.3 Å². The molecular weight excluding hydrogens is 615 g/mol. The Morgan fingerprint density at radius 2 is 1.74 bits per heavy atom. The van der Waals surface area contributed by atoms with Gasteiger partial charge in [-0.1, -0.05) is 63.6 Å². The Kier molecular flexibility index (Phi) is 11.4. The van der Waals surface area contributed by atoms with E-state index in [1.165, 1.54) is 18.2 Å². The van der Waals surface area contributed by atoms with Gasteiger partial charge in [0, 0.05) is 28.9 Å². The van der Waals surface area contributed by atoms with Crippen LogP contribution in [0.15, 0.2) is 48.5 Å². The summed E-state index contributed by atoms with van der Waals surface area (Å²) in [7, 11) is 0. The van der Waals surface area contributed by atoms with Crippen molar-refractivity contribution in [1.82, 2.24) is 21.3 Å². The van der Waals surface area contributed by atoms with E-state index in [9.17, 15) is 28.4 Å². The first-order valence-electron chi connectivity index (χ1n) is 15.7. The lowest BCUT2D eigenvalue weighted by molar-refractivity contribution is -0.141. The van der Waals surface area contributed by atoms with Gasteiger partial charge in [0.2, 0.25) is 17.6 Å². The number of hydrogen-bond donors (Lipinski definition) is 4. The number of halogens is 2. The largest absolute Gasteiger partial charge is 0.440 e. The molecule has 2 fully saturated rings. The third kappa shape index (κ3) is 9.28. The van der Waals surface area contributed by atoms with E-state index in [-0.39, 0.29) is 30.7 Å². The molecule has 46 heavy (non-hydrogen) atoms. The number of nitrogens with one attached hydrogen (secondary N) is 4. The van der Waals surface area contributed by atoms with Gasteiger partial charge < -0.3 is 26.0 Å². The van der Waals surface area contributed by atoms with E-state index in [0.717, 1.165) is 18.4 Å². The van der Waals surface area contributed by atoms with Crippen molar-refractivity contribution in [3.05, 3.63) is 70.5 Å². The van der Waals surface area contributed by atoms with Crippen molar-refractivity contribution in [1.29, 1.82) is 0 Å². The molecule has 1 aliphatic carbocycles. The molecule has 0 unspecified atom stereocenters. The summed E-state index contributed by atoms with van der Waals surface area (Å²) in [6, 6.07) is 10.3. The van der Waals surface area contributed by atoms with Crippen molar-refractivity contribution in [2.75, 3.05) is 6.54 Å². The first-order valence-corrected chi connectivity index (χ1v) is 16.0. The molecule has 10 nitrogen and oxygen atoms in total. The Hall–Kier alpha value is -3.99. The highest BCUT2D eigenvalue weighted by Crippen LogP contribution is 2.40. The fraction of sp³-hybridized carbons (Fsp3) is 0.500. The molecule has 1 heterocycles. The van der Waals surface area contributed by atoms with Crippen LogP contribution in [-0.2, 0) is 29.3 Å². The molecule has 0 spiro atoms. The summed E-state index contributed by atoms with van der Waals surface area (Å²) in [6.07, 6.45) is 0.209. The third-order valence-corrected chi connectivity index (χ3v) is 8.60. The van der Waals surface area contributed by atoms with Crippen LogP contribution in [0.1, 0.15) is 77.0 Å². The Morgan fingerprint density at radius 1 is 1.02 bits per heavy atom. The Labute approximate surface area is 273 Å². The number of ketones is 1. The Balaban J connectivity index is 1.55. The normalized spacial score (nSPS) is 18.2. The van der Waals surface area contributed by atoms with Crippen molar-refractivity contribution >= 4 is 41.2 Å². The van der Waals surface area contributed by atoms with Crippen LogP contribution in [0.4, 0.5) is 9.18 Å². The molecule has 2 aliphatic rings. The second-order valence-electron chi connectivity index (χ2n) is 13.1. The molecule has 2 aromatic carbocycles. The van der Waals surface area contributed by atoms with Gasteiger partial charge in [-0.25, -0.2) is 9.18 Å². The maximum atomic E-state index is 14.4. The summed E-state index contributed by atoms with van der Waals surface area (Å²) in [5, 5.41) is 11.1. The molecule has 4 atom stereocenters. The van der Waals surface area contributed by atoms with Gasteiger partial charge in [0.15, 0.2) is 0 Å². The molecule has 12 heteroatoms. The smallest absolute Gasteiger partial charge is 0.408 e. The van der Waals surface area contributed by atoms with Crippen LogP contribution in [0.5, 0.6) is 0 Å². The van der Waals surface area contributed by atoms with Crippen molar-refractivity contribution in [2.45, 2.75) is 89.4 Å². The van der Waals surface area contributed by atoms with Gasteiger partial charge in [0.1, 0.15) is 18.0 Å². The zero-order valence-corrected chi connectivity index (χ0v) is 27.3. The lowest BCUT2D eigenvalue weighted by Crippen LogP contribution is -2.55. The van der Waals surface area contributed by atoms with Crippen LogP contribution in [0.2, 0.25) is 5.02 Å². The summed E-state index contributed by atoms with van der Waals surface area (Å²) in [6.45, 7) is 7.83. The van der Waals surface area contributed by atoms with Crippen molar-refractivity contribution in [3.8, 4) is 0 Å². The zero-order valence-electron chi connectivity index (χ0n) is 26.5. The maximum Gasteiger partial charge on any atom is 0.408 e. The molecule has 1 aliphatic heterocycles. The SMILES string of the molecule is CC(C)C[C@H](NC(=O)O[C@@H](c1cccc(F)c1)C(C)(C)c1cccc(Cl)c1)C(=O)N[C@@H](C[C@@H]1CCNC1=O)C(=O)C(=O)NC1CC1. The molecule has 0 bridgehead atoms. The lowest BCUT2D eigenvalue weighted by Gasteiger charge is -2.35. The molecule has 0 aromatic heterocycles. The van der Waals surface area contributed by atoms with Crippen molar-refractivity contribution in [2.24, 2.45) is 11.8 Å². The molecule has 4 rings (SSSR count). The van der Waals surface area contributed by atoms with E-state index in [0.29, 0.717) is 23.6 Å². The van der Waals surface area contributed by atoms with Crippen LogP contribution >= 0.6 is 11.6 Å². The number of ether oxygens (including phenoxy) is 1. The van der Waals surface area contributed by atoms with E-state index in [2.05, 4.69) is 21.3 Å². The number of rotatable bonds is 14. The highest BCUT2D eigenvalue weighted by molar-refractivity contribution is 6.38. The molecule has 2 aromatic rings. The predicted octanol–water partition coefficient (Wildman–Crippen LogP) is 4.50. The zero-order chi connectivity index (χ0) is 33.6. The van der Waals surface area contributed by atoms with Gasteiger partial charge in [-0.2, -0.15) is 0 Å². The van der Waals surface area contributed by atoms with E-state index >= 15 is 0 Å². The molecular formula is C34H42ClFN4O6. The molecule has 1 saturated carbocycles. The number of carbonyl (C=O) groups excluding carboxylic acids is 5. The van der Waals surface area contributed by atoms with Gasteiger partial charge in [-0.3, -0.25) is 19.2 Å². The van der Waals surface area contributed by atoms with Crippen LogP contribution in [0.25, 0.3) is 0 Å². The highest BCUT2D eigenvalue weighted by atomic mass is 35.5. The van der Waals surface area contributed by atoms with Crippen LogP contribution in [0, 0.1) is 17.7 Å². The first-order chi connectivity index (χ1) is 21.7. The van der Waals surface area contributed by atoms with E-state index < -0.39 is 59.0 Å². The third-order valence-electron chi connectivity index (χ3n) is 8.37. The summed E-state index contributed by atoms with van der Waals surface area (Å²) in [4.78, 5) is 65.3. The van der Waals surface area contributed by atoms with Gasteiger partial charge in [-0.05, 0) is 73.4 Å². The minimum absolute atomic E-state index is 0.0528. The van der Waals surface area contributed by atoms with Crippen LogP contribution in [0.3, 0.4) is 0 Å². The fourth-order valence-corrected chi connectivity index (χ4v) is 5.82. The maximum absolute atomic E-state index is 14.4. The monoisotopic (exact) mass is 656 g/mol. The summed E-state index contributed by atoms with van der Waals surface area (Å²) < 4.78 is 20.3. The number of benzene rings is 2. The molecule has 248 valence electrons. The van der Waals surface area contributed by atoms with Gasteiger partial charge in [0.25, 0.3) is 5.91 Å². The molecule has 0 radical (unpaired) electrons. The van der Waals surface area contributed by atoms with Gasteiger partial charge in [0.05, 0.1) is 6.04 Å². The van der Waals surface area contributed by atoms with E-state index in [1.807, 2.05) is 33.8 Å². The standard InChI is InChI=1S/C34H42ClFN4O6/c1-19(2)15-27(31(43)39-26(17-21-13-14-37-30(21)42)28(41)32(44)38-25-11-12-25)40-33(45)46-29(20-7-5-10-24(36)16-20)34(3,4)22-8-6-9-23(35)18-22/h5-10,16,18-19,21,25-27,29H,11-15,17H2,1-4H3,(H,37,42)(H,38,44)(H,39,43)(H,40,45)/t21-,26-,27-,29-/m0/s1.